The van der Waals surface area contributed by atoms with E-state index in [0.29, 0.717) is 16.0 Å². The number of benzene rings is 4. The van der Waals surface area contributed by atoms with Crippen LogP contribution in [0.4, 0.5) is 5.69 Å². The number of ether oxygens (including phenoxy) is 2. The van der Waals surface area contributed by atoms with Gasteiger partial charge in [0.1, 0.15) is 17.4 Å². The van der Waals surface area contributed by atoms with E-state index >= 15 is 0 Å². The lowest BCUT2D eigenvalue weighted by atomic mass is 10.0. The molecule has 220 valence electrons. The number of nitro groups is 1. The normalized spacial score (nSPS) is 12.8. The molecule has 4 aromatic carbocycles. The quantitative estimate of drug-likeness (QED) is 0.0634. The van der Waals surface area contributed by atoms with Crippen LogP contribution in [-0.2, 0) is 16.0 Å². The number of rotatable bonds is 10. The molecule has 1 aliphatic heterocycles. The number of carbonyl (C=O) groups is 5. The molecule has 0 N–H and O–H groups in total. The van der Waals surface area contributed by atoms with Crippen LogP contribution in [0.2, 0.25) is 0 Å². The summed E-state index contributed by atoms with van der Waals surface area (Å²) in [6.07, 6.45) is -0.145. The van der Waals surface area contributed by atoms with E-state index < -0.39 is 58.4 Å². The SMILES string of the molecule is Cc1ccc(C(=O)Oc2ccc(C(=O)COC(=O)C(Cc3ccccc3)N3C(=O)c4cccc([N+](=O)[O-])c4C3=O)cc2)cc1. The number of nitrogens with zero attached hydrogens (tertiary/aromatic N) is 2. The molecule has 2 amide bonds. The van der Waals surface area contributed by atoms with Gasteiger partial charge in [0.2, 0.25) is 0 Å². The van der Waals surface area contributed by atoms with Crippen LogP contribution in [0.5, 0.6) is 5.75 Å². The number of nitro benzene ring substituents is 1. The largest absolute Gasteiger partial charge is 0.456 e. The molecule has 11 heteroatoms. The van der Waals surface area contributed by atoms with E-state index in [4.69, 9.17) is 9.47 Å². The number of Topliss-reactive ketones (excluding diaryl/α,β-unsaturated/α-hetero) is 1. The van der Waals surface area contributed by atoms with Crippen LogP contribution in [0.1, 0.15) is 52.6 Å². The first kappa shape index (κ1) is 29.5. The van der Waals surface area contributed by atoms with Gasteiger partial charge >= 0.3 is 11.9 Å². The first-order valence-corrected chi connectivity index (χ1v) is 13.4. The fourth-order valence-corrected chi connectivity index (χ4v) is 4.72. The molecule has 0 spiro atoms. The summed E-state index contributed by atoms with van der Waals surface area (Å²) in [7, 11) is 0. The van der Waals surface area contributed by atoms with Gasteiger partial charge in [-0.3, -0.25) is 29.4 Å². The van der Waals surface area contributed by atoms with Crippen molar-refractivity contribution in [3.05, 3.63) is 141 Å². The van der Waals surface area contributed by atoms with Crippen molar-refractivity contribution < 1.29 is 38.4 Å². The molecular weight excluding hydrogens is 568 g/mol. The van der Waals surface area contributed by atoms with Gasteiger partial charge in [-0.15, -0.1) is 0 Å². The molecule has 44 heavy (non-hydrogen) atoms. The molecule has 0 radical (unpaired) electrons. The van der Waals surface area contributed by atoms with E-state index in [-0.39, 0.29) is 23.3 Å². The number of hydrogen-bond donors (Lipinski definition) is 0. The second-order valence-corrected chi connectivity index (χ2v) is 9.95. The van der Waals surface area contributed by atoms with Gasteiger partial charge in [-0.05, 0) is 55.0 Å². The van der Waals surface area contributed by atoms with Gasteiger partial charge in [-0.2, -0.15) is 0 Å². The predicted octanol–water partition coefficient (Wildman–Crippen LogP) is 4.76. The van der Waals surface area contributed by atoms with Crippen molar-refractivity contribution >= 4 is 35.2 Å². The molecule has 1 unspecified atom stereocenters. The summed E-state index contributed by atoms with van der Waals surface area (Å²) < 4.78 is 10.6. The average molecular weight is 593 g/mol. The maximum absolute atomic E-state index is 13.4. The number of imide groups is 1. The molecule has 11 nitrogen and oxygen atoms in total. The fraction of sp³-hybridized carbons (Fsp3) is 0.121. The third-order valence-corrected chi connectivity index (χ3v) is 7.00. The van der Waals surface area contributed by atoms with Gasteiger partial charge in [-0.1, -0.05) is 54.1 Å². The maximum atomic E-state index is 13.4. The highest BCUT2D eigenvalue weighted by molar-refractivity contribution is 6.24. The monoisotopic (exact) mass is 592 g/mol. The number of aryl methyl sites for hydroxylation is 1. The second-order valence-electron chi connectivity index (χ2n) is 9.95. The molecule has 0 aromatic heterocycles. The van der Waals surface area contributed by atoms with Crippen LogP contribution >= 0.6 is 0 Å². The summed E-state index contributed by atoms with van der Waals surface area (Å²) in [5.74, 6) is -3.88. The summed E-state index contributed by atoms with van der Waals surface area (Å²) in [5.41, 5.74) is 0.927. The minimum Gasteiger partial charge on any atom is -0.456 e. The highest BCUT2D eigenvalue weighted by Crippen LogP contribution is 2.33. The fourth-order valence-electron chi connectivity index (χ4n) is 4.72. The molecule has 5 rings (SSSR count). The van der Waals surface area contributed by atoms with Gasteiger partial charge in [0.05, 0.1) is 16.1 Å². The van der Waals surface area contributed by atoms with Gasteiger partial charge in [-0.25, -0.2) is 9.59 Å². The summed E-state index contributed by atoms with van der Waals surface area (Å²) in [6, 6.07) is 23.2. The topological polar surface area (TPSA) is 150 Å². The van der Waals surface area contributed by atoms with Crippen molar-refractivity contribution in [1.82, 2.24) is 4.90 Å². The number of esters is 2. The van der Waals surface area contributed by atoms with Crippen LogP contribution in [0, 0.1) is 17.0 Å². The molecule has 1 aliphatic rings. The van der Waals surface area contributed by atoms with Crippen molar-refractivity contribution in [2.75, 3.05) is 6.61 Å². The Hall–Kier alpha value is -5.97. The molecular formula is C33H24N2O9. The molecule has 1 heterocycles. The molecule has 0 fully saturated rings. The Kier molecular flexibility index (Phi) is 8.38. The Morgan fingerprint density at radius 1 is 0.818 bits per heavy atom. The van der Waals surface area contributed by atoms with Crippen molar-refractivity contribution in [1.29, 1.82) is 0 Å². The Bertz CT molecular complexity index is 1780. The smallest absolute Gasteiger partial charge is 0.343 e. The predicted molar refractivity (Wildman–Crippen MR) is 155 cm³/mol. The lowest BCUT2D eigenvalue weighted by Crippen LogP contribution is -2.47. The van der Waals surface area contributed by atoms with Crippen LogP contribution in [-0.4, -0.2) is 52.0 Å². The number of amides is 2. The van der Waals surface area contributed by atoms with E-state index in [0.717, 1.165) is 11.6 Å². The second kappa shape index (κ2) is 12.5. The maximum Gasteiger partial charge on any atom is 0.343 e. The van der Waals surface area contributed by atoms with E-state index in [1.165, 1.54) is 36.4 Å². The molecule has 0 saturated carbocycles. The molecule has 4 aromatic rings. The zero-order valence-electron chi connectivity index (χ0n) is 23.3. The van der Waals surface area contributed by atoms with Gasteiger partial charge in [0, 0.05) is 18.1 Å². The molecule has 0 saturated heterocycles. The molecule has 0 bridgehead atoms. The van der Waals surface area contributed by atoms with Crippen LogP contribution in [0.25, 0.3) is 0 Å². The Morgan fingerprint density at radius 3 is 2.14 bits per heavy atom. The standard InChI is InChI=1S/C33H24N2O9/c1-20-10-12-23(13-11-20)32(39)44-24-16-14-22(15-17-24)28(36)19-43-33(40)27(18-21-6-3-2-4-7-21)34-30(37)25-8-5-9-26(35(41)42)29(25)31(34)38/h2-17,27H,18-19H2,1H3. The van der Waals surface area contributed by atoms with Crippen LogP contribution < -0.4 is 4.74 Å². The van der Waals surface area contributed by atoms with Crippen LogP contribution in [0.15, 0.2) is 97.1 Å². The van der Waals surface area contributed by atoms with Gasteiger partial charge in [0.15, 0.2) is 12.4 Å². The Morgan fingerprint density at radius 2 is 1.48 bits per heavy atom. The summed E-state index contributed by atoms with van der Waals surface area (Å²) in [6.45, 7) is 1.18. The third-order valence-electron chi connectivity index (χ3n) is 7.00. The highest BCUT2D eigenvalue weighted by Gasteiger charge is 2.47. The number of ketones is 1. The number of carbonyl (C=O) groups excluding carboxylic acids is 5. The average Bonchev–Trinajstić information content (AvgIpc) is 3.28. The number of hydrogen-bond acceptors (Lipinski definition) is 9. The van der Waals surface area contributed by atoms with Crippen molar-refractivity contribution in [2.45, 2.75) is 19.4 Å². The van der Waals surface area contributed by atoms with E-state index in [1.807, 2.05) is 6.92 Å². The van der Waals surface area contributed by atoms with Crippen LogP contribution in [0.3, 0.4) is 0 Å². The summed E-state index contributed by atoms with van der Waals surface area (Å²) >= 11 is 0. The van der Waals surface area contributed by atoms with Crippen molar-refractivity contribution in [2.24, 2.45) is 0 Å². The number of fused-ring (bicyclic) bond motifs is 1. The van der Waals surface area contributed by atoms with E-state index in [2.05, 4.69) is 0 Å². The Labute approximate surface area is 250 Å². The van der Waals surface area contributed by atoms with E-state index in [9.17, 15) is 34.1 Å². The zero-order chi connectivity index (χ0) is 31.4. The minimum atomic E-state index is -1.50. The molecule has 0 aliphatic carbocycles. The highest BCUT2D eigenvalue weighted by atomic mass is 16.6. The zero-order valence-corrected chi connectivity index (χ0v) is 23.3. The van der Waals surface area contributed by atoms with Crippen molar-refractivity contribution in [3.8, 4) is 5.75 Å². The summed E-state index contributed by atoms with van der Waals surface area (Å²) in [5, 5.41) is 11.5. The summed E-state index contributed by atoms with van der Waals surface area (Å²) in [4.78, 5) is 76.6. The minimum absolute atomic E-state index is 0.145. The Balaban J connectivity index is 1.30. The first-order chi connectivity index (χ1) is 21.1. The first-order valence-electron chi connectivity index (χ1n) is 13.4. The lowest BCUT2D eigenvalue weighted by molar-refractivity contribution is -0.385. The third kappa shape index (κ3) is 6.12. The van der Waals surface area contributed by atoms with E-state index in [1.54, 1.807) is 54.6 Å². The van der Waals surface area contributed by atoms with Crippen molar-refractivity contribution in [3.63, 3.8) is 0 Å². The molecule has 1 atom stereocenters. The van der Waals surface area contributed by atoms with Gasteiger partial charge in [0.25, 0.3) is 17.5 Å². The van der Waals surface area contributed by atoms with Gasteiger partial charge < -0.3 is 9.47 Å². The lowest BCUT2D eigenvalue weighted by Gasteiger charge is -2.24.